The minimum absolute atomic E-state index is 0.243. The van der Waals surface area contributed by atoms with Gasteiger partial charge in [-0.05, 0) is 48.9 Å². The fourth-order valence-electron chi connectivity index (χ4n) is 2.22. The van der Waals surface area contributed by atoms with Gasteiger partial charge in [0.1, 0.15) is 5.69 Å². The first kappa shape index (κ1) is 17.2. The zero-order valence-electron chi connectivity index (χ0n) is 13.3. The van der Waals surface area contributed by atoms with Crippen LogP contribution in [0.4, 0.5) is 17.3 Å². The Morgan fingerprint density at radius 2 is 1.76 bits per heavy atom. The van der Waals surface area contributed by atoms with Gasteiger partial charge in [-0.1, -0.05) is 35.3 Å². The second-order valence-corrected chi connectivity index (χ2v) is 6.25. The van der Waals surface area contributed by atoms with E-state index < -0.39 is 0 Å². The molecule has 0 bridgehead atoms. The minimum Gasteiger partial charge on any atom is -0.324 e. The predicted molar refractivity (Wildman–Crippen MR) is 101 cm³/mol. The van der Waals surface area contributed by atoms with Crippen molar-refractivity contribution >= 4 is 46.4 Å². The predicted octanol–water partition coefficient (Wildman–Crippen LogP) is 5.09. The zero-order valence-corrected chi connectivity index (χ0v) is 14.8. The molecule has 2 aromatic carbocycles. The highest BCUT2D eigenvalue weighted by molar-refractivity contribution is 6.35. The summed E-state index contributed by atoms with van der Waals surface area (Å²) in [5.74, 6) is -0.0459. The van der Waals surface area contributed by atoms with Gasteiger partial charge in [0.25, 0.3) is 5.91 Å². The average molecular weight is 373 g/mol. The Kier molecular flexibility index (Phi) is 5.16. The van der Waals surface area contributed by atoms with E-state index in [1.807, 2.05) is 31.2 Å². The van der Waals surface area contributed by atoms with Crippen molar-refractivity contribution in [2.24, 2.45) is 0 Å². The summed E-state index contributed by atoms with van der Waals surface area (Å²) in [5.41, 5.74) is 2.64. The maximum Gasteiger partial charge on any atom is 0.274 e. The van der Waals surface area contributed by atoms with Gasteiger partial charge in [0.2, 0.25) is 5.95 Å². The maximum absolute atomic E-state index is 12.4. The summed E-state index contributed by atoms with van der Waals surface area (Å²) in [6.45, 7) is 1.96. The summed E-state index contributed by atoms with van der Waals surface area (Å²) in [4.78, 5) is 20.7. The minimum atomic E-state index is -0.319. The third-order valence-electron chi connectivity index (χ3n) is 3.28. The number of halogens is 2. The Morgan fingerprint density at radius 1 is 1.00 bits per heavy atom. The van der Waals surface area contributed by atoms with E-state index in [0.717, 1.165) is 5.56 Å². The number of carbonyl (C=O) groups excluding carboxylic acids is 1. The van der Waals surface area contributed by atoms with Gasteiger partial charge in [0.05, 0.1) is 0 Å². The number of nitrogens with zero attached hydrogens (tertiary/aromatic N) is 2. The molecule has 0 saturated carbocycles. The van der Waals surface area contributed by atoms with Gasteiger partial charge in [-0.15, -0.1) is 0 Å². The van der Waals surface area contributed by atoms with Crippen LogP contribution in [0.5, 0.6) is 0 Å². The topological polar surface area (TPSA) is 66.9 Å². The van der Waals surface area contributed by atoms with E-state index in [4.69, 9.17) is 23.2 Å². The van der Waals surface area contributed by atoms with Gasteiger partial charge in [0.15, 0.2) is 0 Å². The third kappa shape index (κ3) is 4.68. The molecule has 1 heterocycles. The Balaban J connectivity index is 1.77. The molecule has 0 aliphatic rings. The molecule has 1 amide bonds. The molecule has 3 rings (SSSR count). The summed E-state index contributed by atoms with van der Waals surface area (Å²) in [5, 5.41) is 6.77. The number of anilines is 3. The highest BCUT2D eigenvalue weighted by atomic mass is 35.5. The Morgan fingerprint density at radius 3 is 2.48 bits per heavy atom. The van der Waals surface area contributed by atoms with Gasteiger partial charge in [-0.3, -0.25) is 4.79 Å². The van der Waals surface area contributed by atoms with Gasteiger partial charge >= 0.3 is 0 Å². The van der Waals surface area contributed by atoms with Crippen LogP contribution in [0.25, 0.3) is 0 Å². The molecule has 3 aromatic rings. The molecule has 0 saturated heterocycles. The largest absolute Gasteiger partial charge is 0.324 e. The van der Waals surface area contributed by atoms with Crippen molar-refractivity contribution < 1.29 is 4.79 Å². The van der Waals surface area contributed by atoms with Crippen molar-refractivity contribution in [3.8, 4) is 0 Å². The number of nitrogens with one attached hydrogen (secondary N) is 2. The first-order chi connectivity index (χ1) is 12.0. The van der Waals surface area contributed by atoms with Crippen LogP contribution in [0, 0.1) is 6.92 Å². The molecular weight excluding hydrogens is 359 g/mol. The van der Waals surface area contributed by atoms with Crippen molar-refractivity contribution in [3.05, 3.63) is 76.0 Å². The van der Waals surface area contributed by atoms with E-state index >= 15 is 0 Å². The van der Waals surface area contributed by atoms with Crippen LogP contribution in [-0.4, -0.2) is 15.9 Å². The van der Waals surface area contributed by atoms with E-state index in [1.54, 1.807) is 24.3 Å². The smallest absolute Gasteiger partial charge is 0.274 e. The van der Waals surface area contributed by atoms with Crippen molar-refractivity contribution in [1.29, 1.82) is 0 Å². The summed E-state index contributed by atoms with van der Waals surface area (Å²) < 4.78 is 0. The van der Waals surface area contributed by atoms with Crippen LogP contribution in [0.1, 0.15) is 16.1 Å². The molecule has 25 heavy (non-hydrogen) atoms. The van der Waals surface area contributed by atoms with Gasteiger partial charge in [-0.2, -0.15) is 0 Å². The second-order valence-electron chi connectivity index (χ2n) is 5.37. The molecule has 1 aromatic heterocycles. The fourth-order valence-corrected chi connectivity index (χ4v) is 2.74. The van der Waals surface area contributed by atoms with Gasteiger partial charge in [0, 0.05) is 27.6 Å². The Labute approximate surface area is 155 Å². The molecule has 5 nitrogen and oxygen atoms in total. The first-order valence-corrected chi connectivity index (χ1v) is 8.19. The second kappa shape index (κ2) is 7.51. The van der Waals surface area contributed by atoms with Crippen molar-refractivity contribution in [2.75, 3.05) is 10.6 Å². The number of benzene rings is 2. The van der Waals surface area contributed by atoms with Crippen molar-refractivity contribution in [3.63, 3.8) is 0 Å². The monoisotopic (exact) mass is 372 g/mol. The van der Waals surface area contributed by atoms with Crippen LogP contribution in [0.2, 0.25) is 10.0 Å². The van der Waals surface area contributed by atoms with Crippen LogP contribution in [0.3, 0.4) is 0 Å². The number of aryl methyl sites for hydroxylation is 1. The summed E-state index contributed by atoms with van der Waals surface area (Å²) in [7, 11) is 0. The third-order valence-corrected chi connectivity index (χ3v) is 3.72. The van der Waals surface area contributed by atoms with E-state index in [-0.39, 0.29) is 17.5 Å². The highest BCUT2D eigenvalue weighted by Gasteiger charge is 2.10. The number of aromatic nitrogens is 2. The zero-order chi connectivity index (χ0) is 17.8. The number of carbonyl (C=O) groups is 1. The SMILES string of the molecule is Cc1cccc(NC(=O)c2ccnc(Nc3cc(Cl)cc(Cl)c3)n2)c1. The molecule has 2 N–H and O–H groups in total. The molecule has 0 atom stereocenters. The Bertz CT molecular complexity index is 910. The lowest BCUT2D eigenvalue weighted by molar-refractivity contribution is 0.102. The highest BCUT2D eigenvalue weighted by Crippen LogP contribution is 2.24. The van der Waals surface area contributed by atoms with Crippen LogP contribution in [0.15, 0.2) is 54.7 Å². The molecule has 0 radical (unpaired) electrons. The molecule has 0 aliphatic heterocycles. The van der Waals surface area contributed by atoms with Crippen LogP contribution < -0.4 is 10.6 Å². The summed E-state index contributed by atoms with van der Waals surface area (Å²) in [6.07, 6.45) is 1.51. The maximum atomic E-state index is 12.4. The van der Waals surface area contributed by atoms with Gasteiger partial charge in [-0.25, -0.2) is 9.97 Å². The molecule has 0 spiro atoms. The lowest BCUT2D eigenvalue weighted by Gasteiger charge is -2.08. The molecule has 126 valence electrons. The fraction of sp³-hybridized carbons (Fsp3) is 0.0556. The summed E-state index contributed by atoms with van der Waals surface area (Å²) in [6, 6.07) is 14.1. The lowest BCUT2D eigenvalue weighted by atomic mass is 10.2. The van der Waals surface area contributed by atoms with Crippen LogP contribution in [-0.2, 0) is 0 Å². The quantitative estimate of drug-likeness (QED) is 0.669. The molecule has 7 heteroatoms. The molecular formula is C18H14Cl2N4O. The van der Waals surface area contributed by atoms with Crippen molar-refractivity contribution in [2.45, 2.75) is 6.92 Å². The standard InChI is InChI=1S/C18H14Cl2N4O/c1-11-3-2-4-14(7-11)22-17(25)16-5-6-21-18(24-16)23-15-9-12(19)8-13(20)10-15/h2-10H,1H3,(H,22,25)(H,21,23,24). The Hall–Kier alpha value is -2.63. The number of amides is 1. The number of hydrogen-bond acceptors (Lipinski definition) is 4. The number of rotatable bonds is 4. The lowest BCUT2D eigenvalue weighted by Crippen LogP contribution is -2.14. The molecule has 0 fully saturated rings. The number of hydrogen-bond donors (Lipinski definition) is 2. The molecule has 0 unspecified atom stereocenters. The van der Waals surface area contributed by atoms with E-state index in [1.165, 1.54) is 6.20 Å². The van der Waals surface area contributed by atoms with E-state index in [9.17, 15) is 4.79 Å². The van der Waals surface area contributed by atoms with E-state index in [0.29, 0.717) is 21.4 Å². The van der Waals surface area contributed by atoms with Gasteiger partial charge < -0.3 is 10.6 Å². The molecule has 0 aliphatic carbocycles. The van der Waals surface area contributed by atoms with Crippen LogP contribution >= 0.6 is 23.2 Å². The average Bonchev–Trinajstić information content (AvgIpc) is 2.54. The van der Waals surface area contributed by atoms with E-state index in [2.05, 4.69) is 20.6 Å². The first-order valence-electron chi connectivity index (χ1n) is 7.44. The van der Waals surface area contributed by atoms with Crippen molar-refractivity contribution in [1.82, 2.24) is 9.97 Å². The summed E-state index contributed by atoms with van der Waals surface area (Å²) >= 11 is 11.9. The normalized spacial score (nSPS) is 10.4.